The van der Waals surface area contributed by atoms with Crippen molar-refractivity contribution in [3.63, 3.8) is 0 Å². The number of amides is 1. The molecule has 0 aromatic heterocycles. The molecule has 3 rings (SSSR count). The third-order valence-corrected chi connectivity index (χ3v) is 5.80. The molecule has 0 bridgehead atoms. The van der Waals surface area contributed by atoms with Crippen molar-refractivity contribution < 1.29 is 9.53 Å². The van der Waals surface area contributed by atoms with Crippen molar-refractivity contribution in [1.29, 1.82) is 0 Å². The minimum absolute atomic E-state index is 0.150. The molecule has 1 amide bonds. The van der Waals surface area contributed by atoms with Crippen LogP contribution in [-0.2, 0) is 11.2 Å². The van der Waals surface area contributed by atoms with Crippen LogP contribution in [0.15, 0.2) is 24.8 Å². The van der Waals surface area contributed by atoms with Crippen LogP contribution >= 0.6 is 11.6 Å². The summed E-state index contributed by atoms with van der Waals surface area (Å²) >= 11 is 6.15. The number of halogens is 1. The van der Waals surface area contributed by atoms with Crippen LogP contribution < -0.4 is 5.32 Å². The Balaban J connectivity index is 1.56. The summed E-state index contributed by atoms with van der Waals surface area (Å²) in [5.74, 6) is 0. The van der Waals surface area contributed by atoms with Crippen LogP contribution in [0.2, 0.25) is 5.02 Å². The van der Waals surface area contributed by atoms with Crippen molar-refractivity contribution in [1.82, 2.24) is 5.32 Å². The van der Waals surface area contributed by atoms with E-state index < -0.39 is 0 Å². The Kier molecular flexibility index (Phi) is 5.19. The number of unbranched alkanes of at least 4 members (excludes halogenated alkanes) is 1. The number of carbonyl (C=O) groups is 1. The van der Waals surface area contributed by atoms with Crippen LogP contribution in [0, 0.1) is 5.41 Å². The maximum atomic E-state index is 11.8. The molecule has 0 saturated heterocycles. The Bertz CT molecular complexity index is 633. The van der Waals surface area contributed by atoms with Crippen molar-refractivity contribution in [2.45, 2.75) is 57.9 Å². The summed E-state index contributed by atoms with van der Waals surface area (Å²) in [6, 6.07) is 6.35. The van der Waals surface area contributed by atoms with E-state index in [0.717, 1.165) is 50.0 Å². The van der Waals surface area contributed by atoms with Gasteiger partial charge in [0.2, 0.25) is 0 Å². The van der Waals surface area contributed by atoms with E-state index in [2.05, 4.69) is 24.9 Å². The van der Waals surface area contributed by atoms with Gasteiger partial charge in [-0.1, -0.05) is 37.6 Å². The molecule has 0 atom stereocenters. The molecule has 1 fully saturated rings. The number of rotatable bonds is 4. The first-order valence-electron chi connectivity index (χ1n) is 8.95. The SMILES string of the molecule is C=C1c2cc(Cl)ccc2CC12CCC(NC(=O)OCCCC)CC2. The molecule has 24 heavy (non-hydrogen) atoms. The fraction of sp³-hybridized carbons (Fsp3) is 0.550. The number of alkyl carbamates (subject to hydrolysis) is 1. The third kappa shape index (κ3) is 3.46. The second kappa shape index (κ2) is 7.18. The number of hydrogen-bond donors (Lipinski definition) is 1. The molecular formula is C20H26ClNO2. The highest BCUT2D eigenvalue weighted by atomic mass is 35.5. The van der Waals surface area contributed by atoms with E-state index >= 15 is 0 Å². The van der Waals surface area contributed by atoms with E-state index in [4.69, 9.17) is 16.3 Å². The van der Waals surface area contributed by atoms with Crippen LogP contribution in [0.3, 0.4) is 0 Å². The molecule has 1 aromatic rings. The van der Waals surface area contributed by atoms with Gasteiger partial charge < -0.3 is 10.1 Å². The van der Waals surface area contributed by atoms with Gasteiger partial charge in [0.1, 0.15) is 0 Å². The second-order valence-electron chi connectivity index (χ2n) is 7.15. The summed E-state index contributed by atoms with van der Waals surface area (Å²) in [5.41, 5.74) is 3.96. The highest BCUT2D eigenvalue weighted by Gasteiger charge is 2.43. The zero-order valence-corrected chi connectivity index (χ0v) is 15.1. The number of fused-ring (bicyclic) bond motifs is 1. The van der Waals surface area contributed by atoms with Gasteiger partial charge in [-0.05, 0) is 72.8 Å². The largest absolute Gasteiger partial charge is 0.450 e. The number of nitrogens with one attached hydrogen (secondary N) is 1. The zero-order chi connectivity index (χ0) is 17.2. The molecule has 1 aromatic carbocycles. The number of hydrogen-bond acceptors (Lipinski definition) is 2. The lowest BCUT2D eigenvalue weighted by atomic mass is 9.68. The summed E-state index contributed by atoms with van der Waals surface area (Å²) < 4.78 is 5.20. The van der Waals surface area contributed by atoms with Gasteiger partial charge >= 0.3 is 6.09 Å². The molecule has 0 aliphatic heterocycles. The topological polar surface area (TPSA) is 38.3 Å². The Morgan fingerprint density at radius 2 is 2.17 bits per heavy atom. The lowest BCUT2D eigenvalue weighted by Gasteiger charge is -2.38. The first-order chi connectivity index (χ1) is 11.5. The van der Waals surface area contributed by atoms with E-state index in [1.54, 1.807) is 0 Å². The summed E-state index contributed by atoms with van der Waals surface area (Å²) in [7, 11) is 0. The number of ether oxygens (including phenoxy) is 1. The van der Waals surface area contributed by atoms with Gasteiger partial charge in [0.05, 0.1) is 6.61 Å². The average molecular weight is 348 g/mol. The maximum Gasteiger partial charge on any atom is 0.407 e. The Morgan fingerprint density at radius 1 is 1.42 bits per heavy atom. The predicted octanol–water partition coefficient (Wildman–Crippen LogP) is 5.36. The first kappa shape index (κ1) is 17.3. The van der Waals surface area contributed by atoms with Crippen molar-refractivity contribution in [3.8, 4) is 0 Å². The smallest absolute Gasteiger partial charge is 0.407 e. The standard InChI is InChI=1S/C20H26ClNO2/c1-3-4-11-24-19(23)22-17-7-9-20(10-8-17)13-15-5-6-16(21)12-18(15)14(20)2/h5-6,12,17H,2-4,7-11,13H2,1H3,(H,22,23). The number of benzene rings is 1. The Hall–Kier alpha value is -1.48. The summed E-state index contributed by atoms with van der Waals surface area (Å²) in [5, 5.41) is 3.79. The van der Waals surface area contributed by atoms with E-state index in [1.807, 2.05) is 12.1 Å². The van der Waals surface area contributed by atoms with Crippen molar-refractivity contribution in [2.24, 2.45) is 5.41 Å². The number of carbonyl (C=O) groups excluding carboxylic acids is 1. The molecule has 4 heteroatoms. The van der Waals surface area contributed by atoms with E-state index in [-0.39, 0.29) is 17.6 Å². The van der Waals surface area contributed by atoms with Gasteiger partial charge in [-0.25, -0.2) is 4.79 Å². The molecule has 2 aliphatic carbocycles. The van der Waals surface area contributed by atoms with Gasteiger partial charge in [0, 0.05) is 11.1 Å². The molecule has 3 nitrogen and oxygen atoms in total. The quantitative estimate of drug-likeness (QED) is 0.744. The zero-order valence-electron chi connectivity index (χ0n) is 14.4. The summed E-state index contributed by atoms with van der Waals surface area (Å²) in [4.78, 5) is 11.8. The maximum absolute atomic E-state index is 11.8. The molecule has 0 radical (unpaired) electrons. The second-order valence-corrected chi connectivity index (χ2v) is 7.58. The van der Waals surface area contributed by atoms with Gasteiger partial charge in [-0.15, -0.1) is 0 Å². The van der Waals surface area contributed by atoms with Gasteiger partial charge in [-0.2, -0.15) is 0 Å². The van der Waals surface area contributed by atoms with Crippen molar-refractivity contribution in [3.05, 3.63) is 40.9 Å². The van der Waals surface area contributed by atoms with Crippen LogP contribution in [0.5, 0.6) is 0 Å². The minimum atomic E-state index is -0.273. The normalized spacial score (nSPS) is 25.6. The number of allylic oxidation sites excluding steroid dienone is 1. The summed E-state index contributed by atoms with van der Waals surface area (Å²) in [6.45, 7) is 6.97. The Morgan fingerprint density at radius 3 is 2.88 bits per heavy atom. The van der Waals surface area contributed by atoms with Gasteiger partial charge in [-0.3, -0.25) is 0 Å². The van der Waals surface area contributed by atoms with Crippen LogP contribution in [0.1, 0.15) is 56.6 Å². The van der Waals surface area contributed by atoms with Crippen molar-refractivity contribution >= 4 is 23.3 Å². The molecule has 1 saturated carbocycles. The molecule has 0 heterocycles. The lowest BCUT2D eigenvalue weighted by molar-refractivity contribution is 0.133. The lowest BCUT2D eigenvalue weighted by Crippen LogP contribution is -2.41. The van der Waals surface area contributed by atoms with Crippen LogP contribution in [0.4, 0.5) is 4.79 Å². The molecule has 1 spiro atoms. The predicted molar refractivity (Wildman–Crippen MR) is 98.3 cm³/mol. The van der Waals surface area contributed by atoms with Gasteiger partial charge in [0.15, 0.2) is 0 Å². The molecular weight excluding hydrogens is 322 g/mol. The molecule has 130 valence electrons. The Labute approximate surface area is 149 Å². The third-order valence-electron chi connectivity index (χ3n) is 5.56. The fourth-order valence-corrected chi connectivity index (χ4v) is 4.22. The molecule has 2 aliphatic rings. The highest BCUT2D eigenvalue weighted by Crippen LogP contribution is 2.54. The minimum Gasteiger partial charge on any atom is -0.450 e. The van der Waals surface area contributed by atoms with E-state index in [1.165, 1.54) is 16.7 Å². The summed E-state index contributed by atoms with van der Waals surface area (Å²) in [6.07, 6.45) is 6.79. The molecule has 1 N–H and O–H groups in total. The highest BCUT2D eigenvalue weighted by molar-refractivity contribution is 6.30. The van der Waals surface area contributed by atoms with Crippen LogP contribution in [0.25, 0.3) is 5.57 Å². The van der Waals surface area contributed by atoms with Crippen molar-refractivity contribution in [2.75, 3.05) is 6.61 Å². The average Bonchev–Trinajstić information content (AvgIpc) is 2.83. The van der Waals surface area contributed by atoms with E-state index in [9.17, 15) is 4.79 Å². The van der Waals surface area contributed by atoms with Gasteiger partial charge in [0.25, 0.3) is 0 Å². The molecule has 0 unspecified atom stereocenters. The first-order valence-corrected chi connectivity index (χ1v) is 9.33. The van der Waals surface area contributed by atoms with Crippen LogP contribution in [-0.4, -0.2) is 18.7 Å². The fourth-order valence-electron chi connectivity index (χ4n) is 4.05. The monoisotopic (exact) mass is 347 g/mol. The van der Waals surface area contributed by atoms with E-state index in [0.29, 0.717) is 6.61 Å².